The normalized spacial score (nSPS) is 11.2. The lowest BCUT2D eigenvalue weighted by Gasteiger charge is -2.11. The number of rotatable bonds is 5. The minimum Gasteiger partial charge on any atom is -0.469 e. The average molecular weight is 374 g/mol. The van der Waals surface area contributed by atoms with Crippen molar-refractivity contribution in [2.24, 2.45) is 0 Å². The van der Waals surface area contributed by atoms with Crippen LogP contribution >= 0.6 is 0 Å². The van der Waals surface area contributed by atoms with E-state index in [2.05, 4.69) is 10.0 Å². The molecule has 1 amide bonds. The Balaban J connectivity index is 1.84. The van der Waals surface area contributed by atoms with Crippen LogP contribution in [0.4, 0.5) is 15.8 Å². The van der Waals surface area contributed by atoms with Crippen molar-refractivity contribution in [1.29, 1.82) is 0 Å². The maximum Gasteiger partial charge on any atom is 0.261 e. The summed E-state index contributed by atoms with van der Waals surface area (Å²) in [4.78, 5) is 12.3. The van der Waals surface area contributed by atoms with Gasteiger partial charge in [-0.1, -0.05) is 18.2 Å². The number of amides is 1. The van der Waals surface area contributed by atoms with Crippen LogP contribution in [0.2, 0.25) is 0 Å². The zero-order valence-electron chi connectivity index (χ0n) is 13.7. The zero-order chi connectivity index (χ0) is 18.7. The Labute approximate surface area is 149 Å². The molecule has 0 saturated heterocycles. The second kappa shape index (κ2) is 7.01. The van der Waals surface area contributed by atoms with E-state index in [1.807, 2.05) is 0 Å². The molecule has 0 fully saturated rings. The van der Waals surface area contributed by atoms with Crippen LogP contribution in [0, 0.1) is 12.7 Å². The molecule has 0 aliphatic heterocycles. The van der Waals surface area contributed by atoms with E-state index in [4.69, 9.17) is 4.42 Å². The van der Waals surface area contributed by atoms with Crippen LogP contribution in [-0.4, -0.2) is 14.3 Å². The smallest absolute Gasteiger partial charge is 0.261 e. The quantitative estimate of drug-likeness (QED) is 0.711. The van der Waals surface area contributed by atoms with Gasteiger partial charge in [-0.2, -0.15) is 0 Å². The number of benzene rings is 2. The Morgan fingerprint density at radius 3 is 2.46 bits per heavy atom. The Hall–Kier alpha value is -3.13. The van der Waals surface area contributed by atoms with Crippen LogP contribution < -0.4 is 10.0 Å². The van der Waals surface area contributed by atoms with Gasteiger partial charge in [-0.3, -0.25) is 9.52 Å². The predicted octanol–water partition coefficient (Wildman–Crippen LogP) is 3.78. The molecule has 0 aliphatic carbocycles. The number of carbonyl (C=O) groups is 1. The van der Waals surface area contributed by atoms with E-state index in [0.29, 0.717) is 5.76 Å². The molecular formula is C18H15FN2O4S. The molecule has 26 heavy (non-hydrogen) atoms. The number of furan rings is 1. The predicted molar refractivity (Wildman–Crippen MR) is 95.0 cm³/mol. The lowest BCUT2D eigenvalue weighted by Crippen LogP contribution is -2.15. The van der Waals surface area contributed by atoms with E-state index in [0.717, 1.165) is 6.07 Å². The van der Waals surface area contributed by atoms with Crippen LogP contribution in [0.3, 0.4) is 0 Å². The Morgan fingerprint density at radius 2 is 1.81 bits per heavy atom. The minimum absolute atomic E-state index is 0.0731. The molecule has 3 rings (SSSR count). The van der Waals surface area contributed by atoms with Crippen molar-refractivity contribution in [3.63, 3.8) is 0 Å². The molecule has 3 aromatic rings. The Kier molecular flexibility index (Phi) is 4.77. The number of aryl methyl sites for hydroxylation is 1. The molecule has 2 aromatic carbocycles. The highest BCUT2D eigenvalue weighted by atomic mass is 32.2. The van der Waals surface area contributed by atoms with Crippen molar-refractivity contribution >= 4 is 27.3 Å². The molecule has 1 aromatic heterocycles. The van der Waals surface area contributed by atoms with E-state index in [1.54, 1.807) is 25.1 Å². The first-order chi connectivity index (χ1) is 12.4. The highest BCUT2D eigenvalue weighted by molar-refractivity contribution is 7.92. The summed E-state index contributed by atoms with van der Waals surface area (Å²) in [6, 6.07) is 12.8. The lowest BCUT2D eigenvalue weighted by molar-refractivity contribution is 0.102. The fourth-order valence-electron chi connectivity index (χ4n) is 2.31. The SMILES string of the molecule is Cc1occc1C(=O)Nc1cc(NS(=O)(=O)c2ccccc2)ccc1F. The summed E-state index contributed by atoms with van der Waals surface area (Å²) >= 11 is 0. The van der Waals surface area contributed by atoms with Crippen LogP contribution in [0.25, 0.3) is 0 Å². The zero-order valence-corrected chi connectivity index (χ0v) is 14.5. The molecule has 6 nitrogen and oxygen atoms in total. The van der Waals surface area contributed by atoms with Gasteiger partial charge in [-0.15, -0.1) is 0 Å². The van der Waals surface area contributed by atoms with Crippen molar-refractivity contribution in [2.75, 3.05) is 10.0 Å². The number of nitrogens with one attached hydrogen (secondary N) is 2. The number of hydrogen-bond donors (Lipinski definition) is 2. The second-order valence-corrected chi connectivity index (χ2v) is 7.14. The van der Waals surface area contributed by atoms with Gasteiger partial charge in [0.25, 0.3) is 15.9 Å². The minimum atomic E-state index is -3.82. The average Bonchev–Trinajstić information content (AvgIpc) is 3.04. The van der Waals surface area contributed by atoms with Gasteiger partial charge in [0.15, 0.2) is 0 Å². The summed E-state index contributed by atoms with van der Waals surface area (Å²) in [5.41, 5.74) is 0.234. The fraction of sp³-hybridized carbons (Fsp3) is 0.0556. The van der Waals surface area contributed by atoms with Crippen LogP contribution in [0.15, 0.2) is 70.2 Å². The first-order valence-electron chi connectivity index (χ1n) is 7.60. The van der Waals surface area contributed by atoms with Crippen molar-refractivity contribution in [1.82, 2.24) is 0 Å². The summed E-state index contributed by atoms with van der Waals surface area (Å²) in [6.07, 6.45) is 1.35. The standard InChI is InChI=1S/C18H15FN2O4S/c1-12-15(9-10-25-12)18(22)20-17-11-13(7-8-16(17)19)21-26(23,24)14-5-3-2-4-6-14/h2-11,21H,1H3,(H,20,22). The topological polar surface area (TPSA) is 88.4 Å². The molecule has 1 heterocycles. The van der Waals surface area contributed by atoms with Crippen LogP contribution in [0.5, 0.6) is 0 Å². The van der Waals surface area contributed by atoms with Gasteiger partial charge in [0.05, 0.1) is 28.1 Å². The molecule has 134 valence electrons. The summed E-state index contributed by atoms with van der Waals surface area (Å²) in [6.45, 7) is 1.61. The molecule has 0 aliphatic rings. The molecule has 0 atom stereocenters. The van der Waals surface area contributed by atoms with Crippen molar-refractivity contribution < 1.29 is 22.0 Å². The molecule has 0 unspecified atom stereocenters. The molecule has 0 spiro atoms. The second-order valence-electron chi connectivity index (χ2n) is 5.46. The lowest BCUT2D eigenvalue weighted by atomic mass is 10.2. The largest absolute Gasteiger partial charge is 0.469 e. The van der Waals surface area contributed by atoms with Crippen molar-refractivity contribution in [3.8, 4) is 0 Å². The van der Waals surface area contributed by atoms with E-state index in [9.17, 15) is 17.6 Å². The van der Waals surface area contributed by atoms with Gasteiger partial charge in [0, 0.05) is 0 Å². The maximum absolute atomic E-state index is 14.0. The molecule has 8 heteroatoms. The Morgan fingerprint density at radius 1 is 1.08 bits per heavy atom. The first kappa shape index (κ1) is 17.7. The van der Waals surface area contributed by atoms with E-state index >= 15 is 0 Å². The highest BCUT2D eigenvalue weighted by Crippen LogP contribution is 2.23. The van der Waals surface area contributed by atoms with E-state index < -0.39 is 21.7 Å². The van der Waals surface area contributed by atoms with Gasteiger partial charge >= 0.3 is 0 Å². The first-order valence-corrected chi connectivity index (χ1v) is 9.08. The van der Waals surface area contributed by atoms with Crippen LogP contribution in [-0.2, 0) is 10.0 Å². The molecule has 2 N–H and O–H groups in total. The van der Waals surface area contributed by atoms with Crippen molar-refractivity contribution in [3.05, 3.63) is 78.0 Å². The summed E-state index contributed by atoms with van der Waals surface area (Å²) in [7, 11) is -3.82. The number of carbonyl (C=O) groups excluding carboxylic acids is 1. The van der Waals surface area contributed by atoms with E-state index in [-0.39, 0.29) is 21.8 Å². The number of sulfonamides is 1. The summed E-state index contributed by atoms with van der Waals surface area (Å²) in [5, 5.41) is 2.41. The summed E-state index contributed by atoms with van der Waals surface area (Å²) in [5.74, 6) is -0.857. The number of hydrogen-bond acceptors (Lipinski definition) is 4. The Bertz CT molecular complexity index is 1050. The van der Waals surface area contributed by atoms with Crippen molar-refractivity contribution in [2.45, 2.75) is 11.8 Å². The highest BCUT2D eigenvalue weighted by Gasteiger charge is 2.17. The van der Waals surface area contributed by atoms with Gasteiger partial charge < -0.3 is 9.73 Å². The fourth-order valence-corrected chi connectivity index (χ4v) is 3.38. The third-order valence-corrected chi connectivity index (χ3v) is 5.02. The third-order valence-electron chi connectivity index (χ3n) is 3.62. The van der Waals surface area contributed by atoms with Gasteiger partial charge in [0.1, 0.15) is 11.6 Å². The van der Waals surface area contributed by atoms with Crippen LogP contribution in [0.1, 0.15) is 16.1 Å². The molecule has 0 bridgehead atoms. The molecule has 0 radical (unpaired) electrons. The molecular weight excluding hydrogens is 359 g/mol. The van der Waals surface area contributed by atoms with Gasteiger partial charge in [0.2, 0.25) is 0 Å². The number of anilines is 2. The maximum atomic E-state index is 14.0. The third kappa shape index (κ3) is 3.75. The monoisotopic (exact) mass is 374 g/mol. The van der Waals surface area contributed by atoms with E-state index in [1.165, 1.54) is 36.6 Å². The number of halogens is 1. The summed E-state index contributed by atoms with van der Waals surface area (Å²) < 4.78 is 46.1. The van der Waals surface area contributed by atoms with Gasteiger partial charge in [-0.05, 0) is 43.3 Å². The van der Waals surface area contributed by atoms with Gasteiger partial charge in [-0.25, -0.2) is 12.8 Å². The molecule has 0 saturated carbocycles.